The quantitative estimate of drug-likeness (QED) is 0.756. The molecule has 1 amide bonds. The van der Waals surface area contributed by atoms with Crippen LogP contribution in [0.4, 0.5) is 10.1 Å². The normalized spacial score (nSPS) is 12.3. The molecule has 1 N–H and O–H groups in total. The van der Waals surface area contributed by atoms with E-state index in [0.29, 0.717) is 5.02 Å². The van der Waals surface area contributed by atoms with Crippen LogP contribution in [0.2, 0.25) is 5.02 Å². The molecule has 0 aromatic heterocycles. The minimum Gasteiger partial charge on any atom is -0.323 e. The third-order valence-corrected chi connectivity index (χ3v) is 2.04. The van der Waals surface area contributed by atoms with Gasteiger partial charge in [-0.25, -0.2) is 4.39 Å². The van der Waals surface area contributed by atoms with Crippen molar-refractivity contribution in [2.24, 2.45) is 0 Å². The van der Waals surface area contributed by atoms with Crippen LogP contribution in [0.25, 0.3) is 0 Å². The molecule has 1 aromatic carbocycles. The zero-order chi connectivity index (χ0) is 10.7. The molecule has 0 aliphatic rings. The Hall–Kier alpha value is -0.740. The van der Waals surface area contributed by atoms with Crippen LogP contribution in [0.3, 0.4) is 0 Å². The van der Waals surface area contributed by atoms with Crippen LogP contribution in [-0.2, 0) is 4.79 Å². The standard InChI is InChI=1S/C9H9ClFNOS/c1-5(14)9(13)12-8-4-6(10)2-3-7(8)11/h2-5,14H,1H3,(H,12,13). The average Bonchev–Trinajstić information content (AvgIpc) is 2.11. The Kier molecular flexibility index (Phi) is 3.77. The summed E-state index contributed by atoms with van der Waals surface area (Å²) in [4.78, 5) is 11.2. The van der Waals surface area contributed by atoms with Crippen molar-refractivity contribution in [3.8, 4) is 0 Å². The first-order chi connectivity index (χ1) is 6.50. The molecule has 14 heavy (non-hydrogen) atoms. The van der Waals surface area contributed by atoms with Crippen molar-refractivity contribution in [1.29, 1.82) is 0 Å². The molecule has 0 saturated carbocycles. The fourth-order valence-corrected chi connectivity index (χ4v) is 1.07. The summed E-state index contributed by atoms with van der Waals surface area (Å²) in [6, 6.07) is 3.96. The molecule has 2 nitrogen and oxygen atoms in total. The topological polar surface area (TPSA) is 29.1 Å². The van der Waals surface area contributed by atoms with Gasteiger partial charge in [0.25, 0.3) is 0 Å². The van der Waals surface area contributed by atoms with Gasteiger partial charge in [0.2, 0.25) is 5.91 Å². The average molecular weight is 234 g/mol. The van der Waals surface area contributed by atoms with Crippen molar-refractivity contribution in [2.75, 3.05) is 5.32 Å². The maximum Gasteiger partial charge on any atom is 0.237 e. The second kappa shape index (κ2) is 4.66. The van der Waals surface area contributed by atoms with Crippen LogP contribution < -0.4 is 5.32 Å². The van der Waals surface area contributed by atoms with E-state index in [0.717, 1.165) is 0 Å². The van der Waals surface area contributed by atoms with Crippen LogP contribution in [0.5, 0.6) is 0 Å². The highest BCUT2D eigenvalue weighted by Crippen LogP contribution is 2.19. The molecular weight excluding hydrogens is 225 g/mol. The summed E-state index contributed by atoms with van der Waals surface area (Å²) in [6.07, 6.45) is 0. The van der Waals surface area contributed by atoms with Gasteiger partial charge < -0.3 is 5.32 Å². The monoisotopic (exact) mass is 233 g/mol. The Balaban J connectivity index is 2.86. The molecular formula is C9H9ClFNOS. The zero-order valence-electron chi connectivity index (χ0n) is 7.42. The Morgan fingerprint density at radius 1 is 1.64 bits per heavy atom. The lowest BCUT2D eigenvalue weighted by molar-refractivity contribution is -0.115. The SMILES string of the molecule is CC(S)C(=O)Nc1cc(Cl)ccc1F. The van der Waals surface area contributed by atoms with Gasteiger partial charge in [-0.15, -0.1) is 0 Å². The van der Waals surface area contributed by atoms with E-state index in [1.54, 1.807) is 6.92 Å². The number of nitrogens with one attached hydrogen (secondary N) is 1. The smallest absolute Gasteiger partial charge is 0.237 e. The van der Waals surface area contributed by atoms with E-state index < -0.39 is 11.1 Å². The third-order valence-electron chi connectivity index (χ3n) is 1.57. The molecule has 76 valence electrons. The summed E-state index contributed by atoms with van der Waals surface area (Å²) in [5, 5.41) is 2.25. The molecule has 1 rings (SSSR count). The molecule has 1 atom stereocenters. The van der Waals surface area contributed by atoms with Crippen molar-refractivity contribution < 1.29 is 9.18 Å². The van der Waals surface area contributed by atoms with Gasteiger partial charge >= 0.3 is 0 Å². The lowest BCUT2D eigenvalue weighted by Crippen LogP contribution is -2.21. The van der Waals surface area contributed by atoms with Crippen LogP contribution >= 0.6 is 24.2 Å². The van der Waals surface area contributed by atoms with E-state index in [1.165, 1.54) is 18.2 Å². The first kappa shape index (κ1) is 11.3. The molecule has 0 fully saturated rings. The number of amides is 1. The second-order valence-electron chi connectivity index (χ2n) is 2.79. The number of halogens is 2. The Morgan fingerprint density at radius 3 is 2.86 bits per heavy atom. The number of thiol groups is 1. The summed E-state index contributed by atoms with van der Waals surface area (Å²) in [5.41, 5.74) is 0.0726. The van der Waals surface area contributed by atoms with E-state index in [-0.39, 0.29) is 11.6 Å². The van der Waals surface area contributed by atoms with E-state index >= 15 is 0 Å². The highest BCUT2D eigenvalue weighted by molar-refractivity contribution is 7.81. The van der Waals surface area contributed by atoms with Crippen LogP contribution in [0, 0.1) is 5.82 Å². The molecule has 1 aromatic rings. The summed E-state index contributed by atoms with van der Waals surface area (Å²) < 4.78 is 13.1. The fourth-order valence-electron chi connectivity index (χ4n) is 0.830. The number of hydrogen-bond donors (Lipinski definition) is 2. The van der Waals surface area contributed by atoms with Gasteiger partial charge in [-0.2, -0.15) is 12.6 Å². The number of anilines is 1. The first-order valence-electron chi connectivity index (χ1n) is 3.94. The van der Waals surface area contributed by atoms with E-state index in [2.05, 4.69) is 17.9 Å². The molecule has 0 bridgehead atoms. The second-order valence-corrected chi connectivity index (χ2v) is 4.00. The summed E-state index contributed by atoms with van der Waals surface area (Å²) >= 11 is 9.56. The number of hydrogen-bond acceptors (Lipinski definition) is 2. The fraction of sp³-hybridized carbons (Fsp3) is 0.222. The minimum absolute atomic E-state index is 0.0726. The minimum atomic E-state index is -0.517. The lowest BCUT2D eigenvalue weighted by atomic mass is 10.3. The number of carbonyl (C=O) groups is 1. The Morgan fingerprint density at radius 2 is 2.29 bits per heavy atom. The van der Waals surface area contributed by atoms with Crippen LogP contribution in [-0.4, -0.2) is 11.2 Å². The van der Waals surface area contributed by atoms with E-state index in [9.17, 15) is 9.18 Å². The molecule has 0 radical (unpaired) electrons. The van der Waals surface area contributed by atoms with Gasteiger partial charge in [0.05, 0.1) is 10.9 Å². The Bertz CT molecular complexity index is 357. The van der Waals surface area contributed by atoms with Gasteiger partial charge in [0.15, 0.2) is 0 Å². The van der Waals surface area contributed by atoms with Crippen molar-refractivity contribution >= 4 is 35.8 Å². The van der Waals surface area contributed by atoms with Crippen molar-refractivity contribution in [2.45, 2.75) is 12.2 Å². The summed E-state index contributed by atoms with van der Waals surface area (Å²) in [7, 11) is 0. The third kappa shape index (κ3) is 2.89. The summed E-state index contributed by atoms with van der Waals surface area (Å²) in [5.74, 6) is -0.883. The number of rotatable bonds is 2. The van der Waals surface area contributed by atoms with Gasteiger partial charge in [0, 0.05) is 5.02 Å². The molecule has 0 aliphatic heterocycles. The summed E-state index contributed by atoms with van der Waals surface area (Å²) in [6.45, 7) is 1.60. The van der Waals surface area contributed by atoms with E-state index in [4.69, 9.17) is 11.6 Å². The van der Waals surface area contributed by atoms with Gasteiger partial charge in [-0.05, 0) is 25.1 Å². The molecule has 0 aliphatic carbocycles. The largest absolute Gasteiger partial charge is 0.323 e. The van der Waals surface area contributed by atoms with Gasteiger partial charge in [-0.3, -0.25) is 4.79 Å². The Labute approximate surface area is 91.9 Å². The van der Waals surface area contributed by atoms with Gasteiger partial charge in [-0.1, -0.05) is 11.6 Å². The molecule has 5 heteroatoms. The number of carbonyl (C=O) groups excluding carboxylic acids is 1. The van der Waals surface area contributed by atoms with Crippen molar-refractivity contribution in [3.63, 3.8) is 0 Å². The zero-order valence-corrected chi connectivity index (χ0v) is 9.07. The molecule has 1 unspecified atom stereocenters. The predicted molar refractivity (Wildman–Crippen MR) is 58.5 cm³/mol. The first-order valence-corrected chi connectivity index (χ1v) is 4.84. The maximum absolute atomic E-state index is 13.1. The number of benzene rings is 1. The van der Waals surface area contributed by atoms with E-state index in [1.807, 2.05) is 0 Å². The lowest BCUT2D eigenvalue weighted by Gasteiger charge is -2.08. The molecule has 0 saturated heterocycles. The van der Waals surface area contributed by atoms with Crippen molar-refractivity contribution in [3.05, 3.63) is 29.0 Å². The highest BCUT2D eigenvalue weighted by Gasteiger charge is 2.10. The maximum atomic E-state index is 13.1. The van der Waals surface area contributed by atoms with Gasteiger partial charge in [0.1, 0.15) is 5.82 Å². The van der Waals surface area contributed by atoms with Crippen LogP contribution in [0.15, 0.2) is 18.2 Å². The predicted octanol–water partition coefficient (Wildman–Crippen LogP) is 2.74. The molecule has 0 spiro atoms. The highest BCUT2D eigenvalue weighted by atomic mass is 35.5. The van der Waals surface area contributed by atoms with Crippen LogP contribution in [0.1, 0.15) is 6.92 Å². The van der Waals surface area contributed by atoms with Crippen molar-refractivity contribution in [1.82, 2.24) is 0 Å². The molecule has 0 heterocycles.